The van der Waals surface area contributed by atoms with Crippen LogP contribution in [0.1, 0.15) is 30.3 Å². The van der Waals surface area contributed by atoms with Gasteiger partial charge in [-0.2, -0.15) is 0 Å². The predicted molar refractivity (Wildman–Crippen MR) is 62.2 cm³/mol. The second kappa shape index (κ2) is 4.79. The Bertz CT molecular complexity index is 399. The largest absolute Gasteiger partial charge is 0.345 e. The van der Waals surface area contributed by atoms with Crippen molar-refractivity contribution >= 4 is 5.91 Å². The van der Waals surface area contributed by atoms with Gasteiger partial charge in [-0.3, -0.25) is 4.79 Å². The molecular weight excluding hydrogens is 221 g/mol. The average Bonchev–Trinajstić information content (AvgIpc) is 2.30. The van der Waals surface area contributed by atoms with Crippen molar-refractivity contribution in [3.63, 3.8) is 0 Å². The number of hydrogen-bond donors (Lipinski definition) is 2. The van der Waals surface area contributed by atoms with E-state index in [1.54, 1.807) is 0 Å². The van der Waals surface area contributed by atoms with E-state index in [4.69, 9.17) is 0 Å². The zero-order valence-corrected chi connectivity index (χ0v) is 9.79. The van der Waals surface area contributed by atoms with Gasteiger partial charge in [-0.15, -0.1) is 0 Å². The van der Waals surface area contributed by atoms with Crippen LogP contribution in [0, 0.1) is 5.82 Å². The summed E-state index contributed by atoms with van der Waals surface area (Å²) >= 11 is 0. The van der Waals surface area contributed by atoms with Gasteiger partial charge in [-0.05, 0) is 45.0 Å². The molecular formula is C12H16FN3O. The quantitative estimate of drug-likeness (QED) is 0.809. The number of piperidine rings is 1. The second-order valence-corrected chi connectivity index (χ2v) is 4.63. The third kappa shape index (κ3) is 3.00. The molecule has 1 saturated heterocycles. The van der Waals surface area contributed by atoms with E-state index < -0.39 is 5.82 Å². The molecule has 0 bridgehead atoms. The monoisotopic (exact) mass is 237 g/mol. The lowest BCUT2D eigenvalue weighted by atomic mass is 9.90. The normalized spacial score (nSPS) is 18.7. The fourth-order valence-corrected chi connectivity index (χ4v) is 1.95. The lowest BCUT2D eigenvalue weighted by Gasteiger charge is -2.34. The van der Waals surface area contributed by atoms with Crippen molar-refractivity contribution in [3.8, 4) is 0 Å². The molecule has 1 fully saturated rings. The van der Waals surface area contributed by atoms with Crippen LogP contribution in [0.15, 0.2) is 18.3 Å². The molecule has 0 spiro atoms. The standard InChI is InChI=1S/C12H16FN3O/c1-12(4-6-14-7-5-12)16-11(17)10-3-2-9(13)8-15-10/h2-3,8,14H,4-7H2,1H3,(H,16,17). The van der Waals surface area contributed by atoms with E-state index in [1.165, 1.54) is 12.1 Å². The van der Waals surface area contributed by atoms with E-state index >= 15 is 0 Å². The molecule has 1 amide bonds. The smallest absolute Gasteiger partial charge is 0.270 e. The van der Waals surface area contributed by atoms with Gasteiger partial charge in [-0.1, -0.05) is 0 Å². The van der Waals surface area contributed by atoms with Gasteiger partial charge in [0.05, 0.1) is 6.20 Å². The van der Waals surface area contributed by atoms with Crippen molar-refractivity contribution < 1.29 is 9.18 Å². The van der Waals surface area contributed by atoms with E-state index in [2.05, 4.69) is 15.6 Å². The Hall–Kier alpha value is -1.49. The lowest BCUT2D eigenvalue weighted by molar-refractivity contribution is 0.0882. The molecule has 1 aliphatic heterocycles. The van der Waals surface area contributed by atoms with Crippen LogP contribution in [0.3, 0.4) is 0 Å². The molecule has 0 radical (unpaired) electrons. The molecule has 0 aliphatic carbocycles. The molecule has 0 aromatic carbocycles. The van der Waals surface area contributed by atoms with Crippen LogP contribution in [-0.2, 0) is 0 Å². The van der Waals surface area contributed by atoms with Crippen LogP contribution < -0.4 is 10.6 Å². The van der Waals surface area contributed by atoms with Gasteiger partial charge in [0.1, 0.15) is 11.5 Å². The molecule has 5 heteroatoms. The number of carbonyl (C=O) groups is 1. The summed E-state index contributed by atoms with van der Waals surface area (Å²) in [6.45, 7) is 3.82. The number of amides is 1. The Morgan fingerprint density at radius 2 is 2.18 bits per heavy atom. The Labute approximate surface area is 99.6 Å². The average molecular weight is 237 g/mol. The Kier molecular flexibility index (Phi) is 3.38. The van der Waals surface area contributed by atoms with Crippen molar-refractivity contribution in [2.45, 2.75) is 25.3 Å². The number of nitrogens with zero attached hydrogens (tertiary/aromatic N) is 1. The van der Waals surface area contributed by atoms with Crippen molar-refractivity contribution in [2.24, 2.45) is 0 Å². The van der Waals surface area contributed by atoms with Crippen molar-refractivity contribution in [2.75, 3.05) is 13.1 Å². The topological polar surface area (TPSA) is 54.0 Å². The van der Waals surface area contributed by atoms with Crippen molar-refractivity contribution in [1.29, 1.82) is 0 Å². The molecule has 1 aliphatic rings. The van der Waals surface area contributed by atoms with Crippen molar-refractivity contribution in [3.05, 3.63) is 29.8 Å². The first-order chi connectivity index (χ1) is 8.09. The summed E-state index contributed by atoms with van der Waals surface area (Å²) in [6.07, 6.45) is 2.83. The van der Waals surface area contributed by atoms with Crippen LogP contribution in [0.2, 0.25) is 0 Å². The van der Waals surface area contributed by atoms with Crippen molar-refractivity contribution in [1.82, 2.24) is 15.6 Å². The number of halogens is 1. The highest BCUT2D eigenvalue weighted by Crippen LogP contribution is 2.17. The highest BCUT2D eigenvalue weighted by atomic mass is 19.1. The first kappa shape index (κ1) is 12.0. The van der Waals surface area contributed by atoms with Gasteiger partial charge in [0.15, 0.2) is 0 Å². The number of rotatable bonds is 2. The lowest BCUT2D eigenvalue weighted by Crippen LogP contribution is -2.52. The van der Waals surface area contributed by atoms with E-state index in [0.717, 1.165) is 32.1 Å². The SMILES string of the molecule is CC1(NC(=O)c2ccc(F)cn2)CCNCC1. The van der Waals surface area contributed by atoms with Gasteiger partial charge in [0.25, 0.3) is 5.91 Å². The van der Waals surface area contributed by atoms with E-state index in [9.17, 15) is 9.18 Å². The van der Waals surface area contributed by atoms with Crippen LogP contribution in [0.4, 0.5) is 4.39 Å². The molecule has 92 valence electrons. The molecule has 1 aromatic heterocycles. The third-order valence-corrected chi connectivity index (χ3v) is 3.08. The molecule has 1 aromatic rings. The molecule has 0 saturated carbocycles. The molecule has 17 heavy (non-hydrogen) atoms. The summed E-state index contributed by atoms with van der Waals surface area (Å²) in [4.78, 5) is 15.7. The molecule has 4 nitrogen and oxygen atoms in total. The summed E-state index contributed by atoms with van der Waals surface area (Å²) < 4.78 is 12.7. The maximum atomic E-state index is 12.7. The first-order valence-corrected chi connectivity index (χ1v) is 5.74. The van der Waals surface area contributed by atoms with Crippen LogP contribution in [0.25, 0.3) is 0 Å². The van der Waals surface area contributed by atoms with Crippen LogP contribution >= 0.6 is 0 Å². The minimum Gasteiger partial charge on any atom is -0.345 e. The number of aromatic nitrogens is 1. The van der Waals surface area contributed by atoms with Crippen LogP contribution in [-0.4, -0.2) is 29.5 Å². The van der Waals surface area contributed by atoms with Gasteiger partial charge < -0.3 is 10.6 Å². The summed E-state index contributed by atoms with van der Waals surface area (Å²) in [5.74, 6) is -0.677. The van der Waals surface area contributed by atoms with E-state index in [0.29, 0.717) is 0 Å². The summed E-state index contributed by atoms with van der Waals surface area (Å²) in [5.41, 5.74) is 0.0597. The minimum absolute atomic E-state index is 0.196. The minimum atomic E-state index is -0.436. The summed E-state index contributed by atoms with van der Waals surface area (Å²) in [6, 6.07) is 2.64. The zero-order valence-electron chi connectivity index (χ0n) is 9.79. The molecule has 0 unspecified atom stereocenters. The predicted octanol–water partition coefficient (Wildman–Crippen LogP) is 1.09. The van der Waals surface area contributed by atoms with Gasteiger partial charge in [0, 0.05) is 5.54 Å². The van der Waals surface area contributed by atoms with E-state index in [-0.39, 0.29) is 17.1 Å². The maximum Gasteiger partial charge on any atom is 0.270 e. The number of carbonyl (C=O) groups excluding carboxylic acids is 1. The van der Waals surface area contributed by atoms with E-state index in [1.807, 2.05) is 6.92 Å². The fraction of sp³-hybridized carbons (Fsp3) is 0.500. The molecule has 2 N–H and O–H groups in total. The second-order valence-electron chi connectivity index (χ2n) is 4.63. The summed E-state index contributed by atoms with van der Waals surface area (Å²) in [5, 5.41) is 6.21. The molecule has 2 rings (SSSR count). The zero-order chi connectivity index (χ0) is 12.3. The molecule has 0 atom stereocenters. The number of hydrogen-bond acceptors (Lipinski definition) is 3. The third-order valence-electron chi connectivity index (χ3n) is 3.08. The summed E-state index contributed by atoms with van der Waals surface area (Å²) in [7, 11) is 0. The number of pyridine rings is 1. The highest BCUT2D eigenvalue weighted by Gasteiger charge is 2.28. The highest BCUT2D eigenvalue weighted by molar-refractivity contribution is 5.92. The van der Waals surface area contributed by atoms with Crippen LogP contribution in [0.5, 0.6) is 0 Å². The Balaban J connectivity index is 2.03. The van der Waals surface area contributed by atoms with Gasteiger partial charge in [-0.25, -0.2) is 9.37 Å². The molecule has 2 heterocycles. The maximum absolute atomic E-state index is 12.7. The first-order valence-electron chi connectivity index (χ1n) is 5.74. The Morgan fingerprint density at radius 3 is 2.76 bits per heavy atom. The van der Waals surface area contributed by atoms with Gasteiger partial charge in [0.2, 0.25) is 0 Å². The number of nitrogens with one attached hydrogen (secondary N) is 2. The Morgan fingerprint density at radius 1 is 1.47 bits per heavy atom. The van der Waals surface area contributed by atoms with Gasteiger partial charge >= 0.3 is 0 Å². The fourth-order valence-electron chi connectivity index (χ4n) is 1.95.